The lowest BCUT2D eigenvalue weighted by atomic mass is 9.98. The predicted molar refractivity (Wildman–Crippen MR) is 122 cm³/mol. The zero-order chi connectivity index (χ0) is 23.4. The van der Waals surface area contributed by atoms with E-state index in [0.717, 1.165) is 18.7 Å². The number of aryl methyl sites for hydroxylation is 1. The number of rotatable bonds is 9. The number of carbonyl (C=O) groups excluding carboxylic acids is 2. The van der Waals surface area contributed by atoms with Crippen molar-refractivity contribution in [3.05, 3.63) is 59.1 Å². The first kappa shape index (κ1) is 23.6. The number of ether oxygens (including phenoxy) is 1. The van der Waals surface area contributed by atoms with E-state index in [0.29, 0.717) is 30.2 Å². The largest absolute Gasteiger partial charge is 0.507 e. The molecule has 7 heteroatoms. The minimum absolute atomic E-state index is 0.0169. The maximum atomic E-state index is 13.0. The summed E-state index contributed by atoms with van der Waals surface area (Å²) in [6.07, 6.45) is 1.52. The second-order valence-electron chi connectivity index (χ2n) is 8.18. The quantitative estimate of drug-likeness (QED) is 0.358. The second kappa shape index (κ2) is 10.0. The van der Waals surface area contributed by atoms with Crippen LogP contribution < -0.4 is 4.74 Å². The molecule has 1 atom stereocenters. The van der Waals surface area contributed by atoms with Gasteiger partial charge in [0.2, 0.25) is 0 Å². The summed E-state index contributed by atoms with van der Waals surface area (Å²) in [7, 11) is 0. The molecule has 0 saturated carbocycles. The molecule has 1 aliphatic rings. The number of hydrogen-bond acceptors (Lipinski definition) is 6. The van der Waals surface area contributed by atoms with E-state index >= 15 is 0 Å². The van der Waals surface area contributed by atoms with Crippen molar-refractivity contribution < 1.29 is 23.8 Å². The first-order chi connectivity index (χ1) is 15.3. The summed E-state index contributed by atoms with van der Waals surface area (Å²) in [6.45, 7) is 12.5. The molecule has 0 aliphatic carbocycles. The monoisotopic (exact) mass is 440 g/mol. The van der Waals surface area contributed by atoms with Crippen LogP contribution >= 0.6 is 0 Å². The van der Waals surface area contributed by atoms with Crippen LogP contribution in [0.2, 0.25) is 0 Å². The number of carbonyl (C=O) groups is 2. The van der Waals surface area contributed by atoms with E-state index < -0.39 is 17.7 Å². The normalized spacial score (nSPS) is 18.2. The van der Waals surface area contributed by atoms with Crippen LogP contribution in [-0.4, -0.2) is 58.9 Å². The zero-order valence-electron chi connectivity index (χ0n) is 19.4. The van der Waals surface area contributed by atoms with Crippen LogP contribution in [0.5, 0.6) is 5.75 Å². The molecule has 1 unspecified atom stereocenters. The average molecular weight is 441 g/mol. The fourth-order valence-electron chi connectivity index (χ4n) is 3.98. The smallest absolute Gasteiger partial charge is 0.295 e. The van der Waals surface area contributed by atoms with Crippen LogP contribution in [-0.2, 0) is 9.59 Å². The van der Waals surface area contributed by atoms with Gasteiger partial charge in [-0.25, -0.2) is 0 Å². The molecule has 1 fully saturated rings. The van der Waals surface area contributed by atoms with E-state index in [1.54, 1.807) is 30.3 Å². The number of likely N-dealkylation sites (N-methyl/N-ethyl adjacent to an activating group) is 1. The summed E-state index contributed by atoms with van der Waals surface area (Å²) in [4.78, 5) is 29.6. The van der Waals surface area contributed by atoms with E-state index in [1.165, 1.54) is 11.2 Å². The van der Waals surface area contributed by atoms with Crippen molar-refractivity contribution in [3.63, 3.8) is 0 Å². The lowest BCUT2D eigenvalue weighted by Gasteiger charge is -2.26. The number of aliphatic hydroxyl groups excluding tert-OH is 1. The Kier molecular flexibility index (Phi) is 7.40. The van der Waals surface area contributed by atoms with Gasteiger partial charge in [-0.1, -0.05) is 13.8 Å². The lowest BCUT2D eigenvalue weighted by molar-refractivity contribution is -0.140. The Hall–Kier alpha value is -3.06. The van der Waals surface area contributed by atoms with Gasteiger partial charge in [0.25, 0.3) is 11.7 Å². The highest BCUT2D eigenvalue weighted by atomic mass is 16.5. The Labute approximate surface area is 189 Å². The number of hydrogen-bond donors (Lipinski definition) is 1. The molecule has 7 nitrogen and oxygen atoms in total. The summed E-state index contributed by atoms with van der Waals surface area (Å²) in [6, 6.07) is 7.88. The second-order valence-corrected chi connectivity index (χ2v) is 8.18. The van der Waals surface area contributed by atoms with Gasteiger partial charge in [-0.3, -0.25) is 9.59 Å². The van der Waals surface area contributed by atoms with Gasteiger partial charge in [0, 0.05) is 18.7 Å². The standard InChI is InChI=1S/C25H32N2O5/c1-6-26(7-2)12-13-27-22(20-9-8-14-31-20)21(24(29)25(27)30)23(28)18-10-11-19(17(5)15-18)32-16(3)4/h8-11,14-16,22,28H,6-7,12-13H2,1-5H3/b23-21-. The maximum Gasteiger partial charge on any atom is 0.295 e. The van der Waals surface area contributed by atoms with Gasteiger partial charge in [0.05, 0.1) is 17.9 Å². The Bertz CT molecular complexity index is 990. The van der Waals surface area contributed by atoms with Crippen LogP contribution in [0.1, 0.15) is 50.6 Å². The lowest BCUT2D eigenvalue weighted by Crippen LogP contribution is -2.37. The third kappa shape index (κ3) is 4.72. The van der Waals surface area contributed by atoms with E-state index in [2.05, 4.69) is 18.7 Å². The van der Waals surface area contributed by atoms with E-state index in [1.807, 2.05) is 20.8 Å². The highest BCUT2D eigenvalue weighted by Crippen LogP contribution is 2.39. The first-order valence-corrected chi connectivity index (χ1v) is 11.1. The molecule has 3 rings (SSSR count). The topological polar surface area (TPSA) is 83.2 Å². The number of ketones is 1. The van der Waals surface area contributed by atoms with Gasteiger partial charge < -0.3 is 24.1 Å². The fraction of sp³-hybridized carbons (Fsp3) is 0.440. The number of Topliss-reactive ketones (excluding diaryl/α,β-unsaturated/α-hetero) is 1. The Balaban J connectivity index is 2.02. The van der Waals surface area contributed by atoms with Crippen molar-refractivity contribution in [2.45, 2.75) is 46.8 Å². The molecular formula is C25H32N2O5. The number of amides is 1. The third-order valence-electron chi connectivity index (χ3n) is 5.72. The SMILES string of the molecule is CCN(CC)CCN1C(=O)C(=O)/C(=C(\O)c2ccc(OC(C)C)c(C)c2)C1c1ccco1. The number of furan rings is 1. The molecule has 2 heterocycles. The molecular weight excluding hydrogens is 408 g/mol. The zero-order valence-corrected chi connectivity index (χ0v) is 19.4. The highest BCUT2D eigenvalue weighted by Gasteiger charge is 2.47. The Morgan fingerprint density at radius 3 is 2.50 bits per heavy atom. The molecule has 1 amide bonds. The molecule has 1 saturated heterocycles. The van der Waals surface area contributed by atoms with E-state index in [-0.39, 0.29) is 17.4 Å². The van der Waals surface area contributed by atoms with Crippen molar-refractivity contribution >= 4 is 17.4 Å². The minimum Gasteiger partial charge on any atom is -0.507 e. The van der Waals surface area contributed by atoms with Crippen molar-refractivity contribution in [1.29, 1.82) is 0 Å². The van der Waals surface area contributed by atoms with Crippen molar-refractivity contribution in [2.75, 3.05) is 26.2 Å². The van der Waals surface area contributed by atoms with Gasteiger partial charge in [-0.2, -0.15) is 0 Å². The number of aliphatic hydroxyl groups is 1. The van der Waals surface area contributed by atoms with Crippen LogP contribution in [0, 0.1) is 6.92 Å². The molecule has 172 valence electrons. The van der Waals surface area contributed by atoms with Crippen molar-refractivity contribution in [2.24, 2.45) is 0 Å². The molecule has 1 aromatic carbocycles. The maximum absolute atomic E-state index is 13.0. The van der Waals surface area contributed by atoms with E-state index in [4.69, 9.17) is 9.15 Å². The van der Waals surface area contributed by atoms with Gasteiger partial charge in [0.15, 0.2) is 0 Å². The summed E-state index contributed by atoms with van der Waals surface area (Å²) in [5, 5.41) is 11.1. The summed E-state index contributed by atoms with van der Waals surface area (Å²) in [5.41, 5.74) is 1.33. The van der Waals surface area contributed by atoms with Crippen LogP contribution in [0.3, 0.4) is 0 Å². The molecule has 0 bridgehead atoms. The van der Waals surface area contributed by atoms with Crippen LogP contribution in [0.25, 0.3) is 5.76 Å². The molecule has 1 aliphatic heterocycles. The molecule has 32 heavy (non-hydrogen) atoms. The summed E-state index contributed by atoms with van der Waals surface area (Å²) >= 11 is 0. The fourth-order valence-corrected chi connectivity index (χ4v) is 3.98. The minimum atomic E-state index is -0.771. The first-order valence-electron chi connectivity index (χ1n) is 11.1. The summed E-state index contributed by atoms with van der Waals surface area (Å²) in [5.74, 6) is -0.393. The molecule has 1 aromatic heterocycles. The molecule has 0 spiro atoms. The third-order valence-corrected chi connectivity index (χ3v) is 5.72. The Morgan fingerprint density at radius 2 is 1.94 bits per heavy atom. The van der Waals surface area contributed by atoms with Gasteiger partial charge in [-0.05, 0) is 69.8 Å². The van der Waals surface area contributed by atoms with Crippen molar-refractivity contribution in [1.82, 2.24) is 9.80 Å². The van der Waals surface area contributed by atoms with Crippen LogP contribution in [0.4, 0.5) is 0 Å². The highest BCUT2D eigenvalue weighted by molar-refractivity contribution is 6.46. The molecule has 1 N–H and O–H groups in total. The number of benzene rings is 1. The number of nitrogens with zero attached hydrogens (tertiary/aromatic N) is 2. The summed E-state index contributed by atoms with van der Waals surface area (Å²) < 4.78 is 11.4. The number of likely N-dealkylation sites (tertiary alicyclic amines) is 1. The van der Waals surface area contributed by atoms with Gasteiger partial charge in [0.1, 0.15) is 23.3 Å². The van der Waals surface area contributed by atoms with Crippen molar-refractivity contribution in [3.8, 4) is 5.75 Å². The van der Waals surface area contributed by atoms with Crippen LogP contribution in [0.15, 0.2) is 46.6 Å². The van der Waals surface area contributed by atoms with E-state index in [9.17, 15) is 14.7 Å². The Morgan fingerprint density at radius 1 is 1.22 bits per heavy atom. The molecule has 2 aromatic rings. The average Bonchev–Trinajstić information content (AvgIpc) is 3.37. The van der Waals surface area contributed by atoms with Gasteiger partial charge >= 0.3 is 0 Å². The predicted octanol–water partition coefficient (Wildman–Crippen LogP) is 4.14. The molecule has 0 radical (unpaired) electrons. The van der Waals surface area contributed by atoms with Gasteiger partial charge in [-0.15, -0.1) is 0 Å².